The van der Waals surface area contributed by atoms with Gasteiger partial charge in [-0.2, -0.15) is 0 Å². The molecule has 1 rings (SSSR count). The maximum Gasteiger partial charge on any atom is 0.410 e. The SMILES string of the molecule is CC(CNC(=O)OC(C)(C)C)N(C)C(=O)OCc1ccccc1. The molecule has 1 aromatic carbocycles. The largest absolute Gasteiger partial charge is 0.445 e. The molecule has 6 nitrogen and oxygen atoms in total. The Hall–Kier alpha value is -2.24. The van der Waals surface area contributed by atoms with Crippen molar-refractivity contribution in [2.75, 3.05) is 13.6 Å². The van der Waals surface area contributed by atoms with Crippen molar-refractivity contribution >= 4 is 12.2 Å². The van der Waals surface area contributed by atoms with E-state index in [9.17, 15) is 9.59 Å². The van der Waals surface area contributed by atoms with Crippen molar-refractivity contribution in [2.45, 2.75) is 45.9 Å². The van der Waals surface area contributed by atoms with Crippen LogP contribution in [0.4, 0.5) is 9.59 Å². The van der Waals surface area contributed by atoms with Crippen molar-refractivity contribution in [3.8, 4) is 0 Å². The van der Waals surface area contributed by atoms with Crippen molar-refractivity contribution in [3.63, 3.8) is 0 Å². The fourth-order valence-corrected chi connectivity index (χ4v) is 1.68. The van der Waals surface area contributed by atoms with Crippen LogP contribution in [0.15, 0.2) is 30.3 Å². The van der Waals surface area contributed by atoms with Gasteiger partial charge in [-0.1, -0.05) is 30.3 Å². The Balaban J connectivity index is 2.36. The van der Waals surface area contributed by atoms with Crippen LogP contribution in [0, 0.1) is 0 Å². The second-order valence-electron chi connectivity index (χ2n) is 6.38. The van der Waals surface area contributed by atoms with Crippen LogP contribution in [0.1, 0.15) is 33.3 Å². The summed E-state index contributed by atoms with van der Waals surface area (Å²) in [4.78, 5) is 25.0. The number of hydrogen-bond acceptors (Lipinski definition) is 4. The molecule has 0 saturated carbocycles. The predicted octanol–water partition coefficient (Wildman–Crippen LogP) is 3.17. The van der Waals surface area contributed by atoms with Crippen LogP contribution in [0.5, 0.6) is 0 Å². The molecule has 0 spiro atoms. The zero-order valence-corrected chi connectivity index (χ0v) is 14.5. The molecule has 0 radical (unpaired) electrons. The van der Waals surface area contributed by atoms with Crippen LogP contribution in [0.2, 0.25) is 0 Å². The van der Waals surface area contributed by atoms with E-state index in [1.807, 2.05) is 37.3 Å². The second-order valence-corrected chi connectivity index (χ2v) is 6.38. The van der Waals surface area contributed by atoms with E-state index in [1.54, 1.807) is 27.8 Å². The van der Waals surface area contributed by atoms with E-state index in [0.29, 0.717) is 0 Å². The number of carbonyl (C=O) groups excluding carboxylic acids is 2. The number of amides is 2. The summed E-state index contributed by atoms with van der Waals surface area (Å²) in [5.74, 6) is 0. The summed E-state index contributed by atoms with van der Waals surface area (Å²) in [5, 5.41) is 2.64. The van der Waals surface area contributed by atoms with Gasteiger partial charge in [-0.05, 0) is 33.3 Å². The zero-order chi connectivity index (χ0) is 17.5. The maximum absolute atomic E-state index is 12.0. The molecule has 23 heavy (non-hydrogen) atoms. The number of benzene rings is 1. The number of alkyl carbamates (subject to hydrolysis) is 1. The van der Waals surface area contributed by atoms with Gasteiger partial charge in [0, 0.05) is 19.6 Å². The Labute approximate surface area is 137 Å². The molecule has 1 N–H and O–H groups in total. The highest BCUT2D eigenvalue weighted by Crippen LogP contribution is 2.07. The third-order valence-corrected chi connectivity index (χ3v) is 3.09. The third kappa shape index (κ3) is 7.54. The molecule has 128 valence electrons. The average molecular weight is 322 g/mol. The molecule has 6 heteroatoms. The summed E-state index contributed by atoms with van der Waals surface area (Å²) in [6, 6.07) is 9.25. The second kappa shape index (κ2) is 8.41. The van der Waals surface area contributed by atoms with Crippen molar-refractivity contribution in [1.29, 1.82) is 0 Å². The van der Waals surface area contributed by atoms with Gasteiger partial charge in [-0.15, -0.1) is 0 Å². The fourth-order valence-electron chi connectivity index (χ4n) is 1.68. The third-order valence-electron chi connectivity index (χ3n) is 3.09. The van der Waals surface area contributed by atoms with Crippen molar-refractivity contribution in [1.82, 2.24) is 10.2 Å². The first-order chi connectivity index (χ1) is 10.7. The molecule has 1 atom stereocenters. The lowest BCUT2D eigenvalue weighted by atomic mass is 10.2. The Morgan fingerprint density at radius 2 is 1.83 bits per heavy atom. The van der Waals surface area contributed by atoms with Gasteiger partial charge in [-0.25, -0.2) is 9.59 Å². The molecule has 0 aromatic heterocycles. The molecule has 2 amide bonds. The molecule has 0 bridgehead atoms. The molecule has 0 heterocycles. The van der Waals surface area contributed by atoms with Crippen molar-refractivity contribution in [2.24, 2.45) is 0 Å². The minimum atomic E-state index is -0.548. The van der Waals surface area contributed by atoms with E-state index < -0.39 is 17.8 Å². The van der Waals surface area contributed by atoms with E-state index >= 15 is 0 Å². The maximum atomic E-state index is 12.0. The number of nitrogens with one attached hydrogen (secondary N) is 1. The van der Waals surface area contributed by atoms with Crippen LogP contribution in [-0.2, 0) is 16.1 Å². The number of likely N-dealkylation sites (N-methyl/N-ethyl adjacent to an activating group) is 1. The topological polar surface area (TPSA) is 67.9 Å². The highest BCUT2D eigenvalue weighted by Gasteiger charge is 2.20. The van der Waals surface area contributed by atoms with Crippen molar-refractivity contribution in [3.05, 3.63) is 35.9 Å². The van der Waals surface area contributed by atoms with Crippen molar-refractivity contribution < 1.29 is 19.1 Å². The number of hydrogen-bond donors (Lipinski definition) is 1. The van der Waals surface area contributed by atoms with Crippen LogP contribution in [0.25, 0.3) is 0 Å². The summed E-state index contributed by atoms with van der Waals surface area (Å²) < 4.78 is 10.4. The smallest absolute Gasteiger partial charge is 0.410 e. The van der Waals surface area contributed by atoms with Gasteiger partial charge >= 0.3 is 12.2 Å². The normalized spacial score (nSPS) is 12.2. The first kappa shape index (κ1) is 18.8. The summed E-state index contributed by atoms with van der Waals surface area (Å²) >= 11 is 0. The molecule has 0 aliphatic heterocycles. The van der Waals surface area contributed by atoms with E-state index in [0.717, 1.165) is 5.56 Å². The minimum absolute atomic E-state index is 0.217. The summed E-state index contributed by atoms with van der Waals surface area (Å²) in [6.07, 6.45) is -0.942. The first-order valence-electron chi connectivity index (χ1n) is 7.59. The van der Waals surface area contributed by atoms with E-state index in [1.165, 1.54) is 4.90 Å². The summed E-state index contributed by atoms with van der Waals surface area (Å²) in [5.41, 5.74) is 0.377. The Morgan fingerprint density at radius 3 is 2.39 bits per heavy atom. The molecule has 0 fully saturated rings. The standard InChI is InChI=1S/C17H26N2O4/c1-13(11-18-15(20)23-17(2,3)4)19(5)16(21)22-12-14-9-7-6-8-10-14/h6-10,13H,11-12H2,1-5H3,(H,18,20). The monoisotopic (exact) mass is 322 g/mol. The van der Waals surface area contributed by atoms with Crippen LogP contribution >= 0.6 is 0 Å². The van der Waals surface area contributed by atoms with Gasteiger partial charge in [0.15, 0.2) is 0 Å². The van der Waals surface area contributed by atoms with Gasteiger partial charge in [0.1, 0.15) is 12.2 Å². The van der Waals surface area contributed by atoms with Crippen LogP contribution in [0.3, 0.4) is 0 Å². The number of carbonyl (C=O) groups is 2. The average Bonchev–Trinajstić information content (AvgIpc) is 2.48. The molecule has 0 saturated heterocycles. The summed E-state index contributed by atoms with van der Waals surface area (Å²) in [7, 11) is 1.63. The highest BCUT2D eigenvalue weighted by molar-refractivity contribution is 5.69. The van der Waals surface area contributed by atoms with Gasteiger partial charge in [0.05, 0.1) is 0 Å². The molecule has 0 aliphatic rings. The van der Waals surface area contributed by atoms with Gasteiger partial charge in [0.25, 0.3) is 0 Å². The quantitative estimate of drug-likeness (QED) is 0.904. The lowest BCUT2D eigenvalue weighted by molar-refractivity contribution is 0.0502. The highest BCUT2D eigenvalue weighted by atomic mass is 16.6. The zero-order valence-electron chi connectivity index (χ0n) is 14.5. The van der Waals surface area contributed by atoms with E-state index in [2.05, 4.69) is 5.32 Å². The van der Waals surface area contributed by atoms with Crippen LogP contribution in [-0.4, -0.2) is 42.3 Å². The molecule has 0 aliphatic carbocycles. The molecular formula is C17H26N2O4. The Morgan fingerprint density at radius 1 is 1.22 bits per heavy atom. The van der Waals surface area contributed by atoms with E-state index in [-0.39, 0.29) is 19.2 Å². The van der Waals surface area contributed by atoms with Gasteiger partial charge in [-0.3, -0.25) is 0 Å². The Bertz CT molecular complexity index is 511. The number of ether oxygens (including phenoxy) is 2. The Kier molecular flexibility index (Phi) is 6.88. The van der Waals surface area contributed by atoms with Gasteiger partial charge in [0.2, 0.25) is 0 Å². The number of nitrogens with zero attached hydrogens (tertiary/aromatic N) is 1. The first-order valence-corrected chi connectivity index (χ1v) is 7.59. The van der Waals surface area contributed by atoms with Crippen LogP contribution < -0.4 is 5.32 Å². The fraction of sp³-hybridized carbons (Fsp3) is 0.529. The van der Waals surface area contributed by atoms with E-state index in [4.69, 9.17) is 9.47 Å². The van der Waals surface area contributed by atoms with Gasteiger partial charge < -0.3 is 19.7 Å². The minimum Gasteiger partial charge on any atom is -0.445 e. The summed E-state index contributed by atoms with van der Waals surface area (Å²) in [6.45, 7) is 7.71. The molecule has 1 unspecified atom stereocenters. The lowest BCUT2D eigenvalue weighted by Crippen LogP contribution is -2.44. The molecular weight excluding hydrogens is 296 g/mol. The lowest BCUT2D eigenvalue weighted by Gasteiger charge is -2.25. The predicted molar refractivity (Wildman–Crippen MR) is 88.1 cm³/mol. The molecule has 1 aromatic rings. The number of rotatable bonds is 5.